The molecule has 1 N–H and O–H groups in total. The number of aromatic nitrogens is 1. The van der Waals surface area contributed by atoms with Gasteiger partial charge in [-0.1, -0.05) is 0 Å². The Morgan fingerprint density at radius 2 is 2.35 bits per heavy atom. The van der Waals surface area contributed by atoms with Crippen LogP contribution in [0.15, 0.2) is 6.20 Å². The summed E-state index contributed by atoms with van der Waals surface area (Å²) in [4.78, 5) is 6.24. The van der Waals surface area contributed by atoms with Crippen molar-refractivity contribution < 1.29 is 13.2 Å². The lowest BCUT2D eigenvalue weighted by Crippen LogP contribution is -2.48. The molecule has 1 aliphatic rings. The second-order valence-electron chi connectivity index (χ2n) is 4.22. The second-order valence-corrected chi connectivity index (χ2v) is 5.33. The standard InChI is InChI=1S/C10H14F3N3S/c1-7-5-16(3-2-14-7)6-8-4-15-9(17-8)10(11,12)13/h4,7,14H,2-3,5-6H2,1H3. The molecule has 1 fully saturated rings. The summed E-state index contributed by atoms with van der Waals surface area (Å²) >= 11 is 0.737. The number of rotatable bonds is 2. The molecule has 1 atom stereocenters. The van der Waals surface area contributed by atoms with E-state index in [4.69, 9.17) is 0 Å². The maximum Gasteiger partial charge on any atom is 0.443 e. The highest BCUT2D eigenvalue weighted by atomic mass is 32.1. The van der Waals surface area contributed by atoms with Crippen molar-refractivity contribution in [2.24, 2.45) is 0 Å². The lowest BCUT2D eigenvalue weighted by Gasteiger charge is -2.31. The van der Waals surface area contributed by atoms with Gasteiger partial charge < -0.3 is 5.32 Å². The van der Waals surface area contributed by atoms with Crippen LogP contribution in [0.3, 0.4) is 0 Å². The van der Waals surface area contributed by atoms with Crippen molar-refractivity contribution >= 4 is 11.3 Å². The zero-order chi connectivity index (χ0) is 12.5. The van der Waals surface area contributed by atoms with Gasteiger partial charge in [0, 0.05) is 43.3 Å². The van der Waals surface area contributed by atoms with E-state index in [2.05, 4.69) is 22.1 Å². The van der Waals surface area contributed by atoms with Gasteiger partial charge >= 0.3 is 6.18 Å². The number of nitrogens with zero attached hydrogens (tertiary/aromatic N) is 2. The molecule has 0 radical (unpaired) electrons. The van der Waals surface area contributed by atoms with Crippen molar-refractivity contribution in [3.05, 3.63) is 16.1 Å². The average molecular weight is 265 g/mol. The topological polar surface area (TPSA) is 28.2 Å². The molecule has 3 nitrogen and oxygen atoms in total. The molecule has 17 heavy (non-hydrogen) atoms. The molecule has 0 amide bonds. The van der Waals surface area contributed by atoms with Crippen LogP contribution in [0.1, 0.15) is 16.8 Å². The minimum absolute atomic E-state index is 0.388. The number of hydrogen-bond acceptors (Lipinski definition) is 4. The van der Waals surface area contributed by atoms with Crippen molar-refractivity contribution in [1.82, 2.24) is 15.2 Å². The SMILES string of the molecule is CC1CN(Cc2cnc(C(F)(F)F)s2)CCN1. The molecule has 0 aromatic carbocycles. The Morgan fingerprint density at radius 1 is 1.59 bits per heavy atom. The van der Waals surface area contributed by atoms with Gasteiger partial charge in [-0.15, -0.1) is 11.3 Å². The molecular weight excluding hydrogens is 251 g/mol. The van der Waals surface area contributed by atoms with Crippen LogP contribution in [0.2, 0.25) is 0 Å². The summed E-state index contributed by atoms with van der Waals surface area (Å²) in [7, 11) is 0. The van der Waals surface area contributed by atoms with E-state index >= 15 is 0 Å². The molecular formula is C10H14F3N3S. The third-order valence-corrected chi connectivity index (χ3v) is 3.66. The normalized spacial score (nSPS) is 22.9. The highest BCUT2D eigenvalue weighted by Gasteiger charge is 2.34. The fraction of sp³-hybridized carbons (Fsp3) is 0.700. The Morgan fingerprint density at radius 3 is 2.94 bits per heavy atom. The van der Waals surface area contributed by atoms with Gasteiger partial charge in [-0.05, 0) is 6.92 Å². The van der Waals surface area contributed by atoms with Gasteiger partial charge in [0.15, 0.2) is 5.01 Å². The van der Waals surface area contributed by atoms with E-state index in [1.54, 1.807) is 0 Å². The van der Waals surface area contributed by atoms with E-state index in [9.17, 15) is 13.2 Å². The van der Waals surface area contributed by atoms with Crippen LogP contribution in [-0.4, -0.2) is 35.6 Å². The molecule has 0 spiro atoms. The number of piperazine rings is 1. The summed E-state index contributed by atoms with van der Waals surface area (Å²) in [6.07, 6.45) is -2.99. The van der Waals surface area contributed by atoms with Crippen LogP contribution in [-0.2, 0) is 12.7 Å². The van der Waals surface area contributed by atoms with E-state index in [1.807, 2.05) is 0 Å². The first-order chi connectivity index (χ1) is 7.95. The van der Waals surface area contributed by atoms with Gasteiger partial charge in [-0.2, -0.15) is 13.2 Å². The zero-order valence-corrected chi connectivity index (χ0v) is 10.2. The lowest BCUT2D eigenvalue weighted by atomic mass is 10.2. The number of thiazole rings is 1. The van der Waals surface area contributed by atoms with Crippen molar-refractivity contribution in [3.8, 4) is 0 Å². The van der Waals surface area contributed by atoms with E-state index in [0.717, 1.165) is 31.0 Å². The molecule has 1 unspecified atom stereocenters. The monoisotopic (exact) mass is 265 g/mol. The van der Waals surface area contributed by atoms with Crippen molar-refractivity contribution in [1.29, 1.82) is 0 Å². The summed E-state index contributed by atoms with van der Waals surface area (Å²) in [5.74, 6) is 0. The highest BCUT2D eigenvalue weighted by Crippen LogP contribution is 2.32. The van der Waals surface area contributed by atoms with Gasteiger partial charge in [0.1, 0.15) is 0 Å². The fourth-order valence-electron chi connectivity index (χ4n) is 1.89. The van der Waals surface area contributed by atoms with Gasteiger partial charge in [0.25, 0.3) is 0 Å². The van der Waals surface area contributed by atoms with Gasteiger partial charge in [-0.25, -0.2) is 4.98 Å². The first-order valence-corrected chi connectivity index (χ1v) is 6.24. The van der Waals surface area contributed by atoms with Gasteiger partial charge in [0.2, 0.25) is 0 Å². The van der Waals surface area contributed by atoms with Crippen molar-refractivity contribution in [3.63, 3.8) is 0 Å². The van der Waals surface area contributed by atoms with Crippen LogP contribution in [0.25, 0.3) is 0 Å². The second kappa shape index (κ2) is 4.91. The lowest BCUT2D eigenvalue weighted by molar-refractivity contribution is -0.137. The fourth-order valence-corrected chi connectivity index (χ4v) is 2.71. The molecule has 1 aromatic heterocycles. The summed E-state index contributed by atoms with van der Waals surface area (Å²) in [5.41, 5.74) is 0. The van der Waals surface area contributed by atoms with Crippen LogP contribution in [0.5, 0.6) is 0 Å². The number of hydrogen-bond donors (Lipinski definition) is 1. The Bertz CT molecular complexity index is 377. The number of halogens is 3. The first-order valence-electron chi connectivity index (χ1n) is 5.43. The van der Waals surface area contributed by atoms with E-state index < -0.39 is 11.2 Å². The number of nitrogens with one attached hydrogen (secondary N) is 1. The predicted octanol–water partition coefficient (Wildman–Crippen LogP) is 1.96. The largest absolute Gasteiger partial charge is 0.443 e. The van der Waals surface area contributed by atoms with Gasteiger partial charge in [-0.3, -0.25) is 4.90 Å². The third kappa shape index (κ3) is 3.40. The average Bonchev–Trinajstić information content (AvgIpc) is 2.65. The molecule has 0 bridgehead atoms. The molecule has 96 valence electrons. The van der Waals surface area contributed by atoms with Crippen LogP contribution in [0.4, 0.5) is 13.2 Å². The Kier molecular flexibility index (Phi) is 3.70. The Balaban J connectivity index is 1.97. The van der Waals surface area contributed by atoms with Crippen LogP contribution in [0, 0.1) is 0 Å². The molecule has 2 rings (SSSR count). The van der Waals surface area contributed by atoms with E-state index in [-0.39, 0.29) is 0 Å². The predicted molar refractivity (Wildman–Crippen MR) is 59.9 cm³/mol. The highest BCUT2D eigenvalue weighted by molar-refractivity contribution is 7.11. The molecule has 2 heterocycles. The molecule has 1 saturated heterocycles. The maximum atomic E-state index is 12.4. The first kappa shape index (κ1) is 12.8. The van der Waals surface area contributed by atoms with Crippen molar-refractivity contribution in [2.75, 3.05) is 19.6 Å². The molecule has 1 aliphatic heterocycles. The van der Waals surface area contributed by atoms with E-state index in [1.165, 1.54) is 6.20 Å². The van der Waals surface area contributed by atoms with E-state index in [0.29, 0.717) is 17.5 Å². The summed E-state index contributed by atoms with van der Waals surface area (Å²) in [5, 5.41) is 2.54. The summed E-state index contributed by atoms with van der Waals surface area (Å²) in [6, 6.07) is 0.388. The third-order valence-electron chi connectivity index (χ3n) is 2.63. The number of alkyl halides is 3. The molecule has 7 heteroatoms. The summed E-state index contributed by atoms with van der Waals surface area (Å²) < 4.78 is 37.1. The maximum absolute atomic E-state index is 12.4. The smallest absolute Gasteiger partial charge is 0.312 e. The molecule has 0 aliphatic carbocycles. The minimum Gasteiger partial charge on any atom is -0.312 e. The zero-order valence-electron chi connectivity index (χ0n) is 9.42. The van der Waals surface area contributed by atoms with Crippen LogP contribution < -0.4 is 5.32 Å². The molecule has 1 aromatic rings. The van der Waals surface area contributed by atoms with Gasteiger partial charge in [0.05, 0.1) is 0 Å². The quantitative estimate of drug-likeness (QED) is 0.886. The summed E-state index contributed by atoms with van der Waals surface area (Å²) in [6.45, 7) is 5.23. The van der Waals surface area contributed by atoms with Crippen molar-refractivity contribution in [2.45, 2.75) is 25.7 Å². The molecule has 0 saturated carbocycles. The minimum atomic E-state index is -4.32. The Hall–Kier alpha value is -0.660. The Labute approximate surface area is 102 Å². The van der Waals surface area contributed by atoms with Crippen LogP contribution >= 0.6 is 11.3 Å².